The van der Waals surface area contributed by atoms with E-state index in [0.29, 0.717) is 41.2 Å². The molecule has 3 N–H and O–H groups in total. The number of nitrogens with one attached hydrogen (secondary N) is 1. The number of rotatable bonds is 9. The van der Waals surface area contributed by atoms with Crippen LogP contribution in [-0.2, 0) is 0 Å². The largest absolute Gasteiger partial charge is 0.493 e. The molecule has 1 aromatic carbocycles. The van der Waals surface area contributed by atoms with Crippen molar-refractivity contribution in [3.8, 4) is 11.5 Å². The molecule has 0 fully saturated rings. The van der Waals surface area contributed by atoms with Gasteiger partial charge < -0.3 is 20.5 Å². The van der Waals surface area contributed by atoms with Crippen molar-refractivity contribution in [1.29, 1.82) is 0 Å². The molecular weight excluding hydrogens is 336 g/mol. The topological polar surface area (TPSA) is 73.6 Å². The lowest BCUT2D eigenvalue weighted by atomic mass is 10.2. The van der Waals surface area contributed by atoms with Crippen molar-refractivity contribution in [3.63, 3.8) is 0 Å². The minimum atomic E-state index is -0.131. The maximum absolute atomic E-state index is 12.1. The third kappa shape index (κ3) is 5.55. The van der Waals surface area contributed by atoms with E-state index in [2.05, 4.69) is 21.2 Å². The Hall–Kier alpha value is -1.27. The average molecular weight is 359 g/mol. The van der Waals surface area contributed by atoms with E-state index in [9.17, 15) is 4.79 Å². The second kappa shape index (κ2) is 9.63. The zero-order valence-electron chi connectivity index (χ0n) is 12.6. The van der Waals surface area contributed by atoms with Crippen LogP contribution in [-0.4, -0.2) is 32.7 Å². The molecule has 0 spiro atoms. The van der Waals surface area contributed by atoms with Crippen molar-refractivity contribution in [2.24, 2.45) is 5.73 Å². The molecule has 0 radical (unpaired) electrons. The van der Waals surface area contributed by atoms with Crippen LogP contribution in [0.1, 0.15) is 36.5 Å². The quantitative estimate of drug-likeness (QED) is 0.665. The molecule has 0 bridgehead atoms. The maximum Gasteiger partial charge on any atom is 0.251 e. The van der Waals surface area contributed by atoms with E-state index in [0.717, 1.165) is 19.3 Å². The first-order valence-corrected chi connectivity index (χ1v) is 7.91. The number of hydrogen-bond donors (Lipinski definition) is 2. The standard InChI is InChI=1S/C15H23BrN2O3/c1-3-8-21-14-12(16)9-11(10-13(14)20-2)15(19)18-7-5-4-6-17/h9-10H,3-8,17H2,1-2H3,(H,18,19). The van der Waals surface area contributed by atoms with Crippen LogP contribution in [0.15, 0.2) is 16.6 Å². The molecule has 6 heteroatoms. The van der Waals surface area contributed by atoms with Crippen molar-refractivity contribution in [1.82, 2.24) is 5.32 Å². The Morgan fingerprint density at radius 2 is 2.14 bits per heavy atom. The van der Waals surface area contributed by atoms with Gasteiger partial charge in [0, 0.05) is 12.1 Å². The first kappa shape index (κ1) is 17.8. The Morgan fingerprint density at radius 3 is 2.76 bits per heavy atom. The van der Waals surface area contributed by atoms with Gasteiger partial charge in [-0.2, -0.15) is 0 Å². The summed E-state index contributed by atoms with van der Waals surface area (Å²) in [6.07, 6.45) is 2.67. The van der Waals surface area contributed by atoms with Gasteiger partial charge in [-0.1, -0.05) is 6.92 Å². The number of hydrogen-bond acceptors (Lipinski definition) is 4. The second-order valence-corrected chi connectivity index (χ2v) is 5.44. The summed E-state index contributed by atoms with van der Waals surface area (Å²) < 4.78 is 11.7. The molecule has 1 amide bonds. The first-order valence-electron chi connectivity index (χ1n) is 7.12. The predicted molar refractivity (Wildman–Crippen MR) is 87.1 cm³/mol. The number of methoxy groups -OCH3 is 1. The van der Waals surface area contributed by atoms with Gasteiger partial charge in [0.2, 0.25) is 0 Å². The summed E-state index contributed by atoms with van der Waals surface area (Å²) in [5, 5.41) is 2.86. The molecule has 0 aromatic heterocycles. The molecule has 1 aromatic rings. The highest BCUT2D eigenvalue weighted by Crippen LogP contribution is 2.36. The van der Waals surface area contributed by atoms with Gasteiger partial charge >= 0.3 is 0 Å². The highest BCUT2D eigenvalue weighted by atomic mass is 79.9. The second-order valence-electron chi connectivity index (χ2n) is 4.59. The summed E-state index contributed by atoms with van der Waals surface area (Å²) >= 11 is 3.43. The number of ether oxygens (including phenoxy) is 2. The number of amides is 1. The van der Waals surface area contributed by atoms with Crippen LogP contribution in [0.3, 0.4) is 0 Å². The molecule has 5 nitrogen and oxygen atoms in total. The van der Waals surface area contributed by atoms with Crippen molar-refractivity contribution in [2.45, 2.75) is 26.2 Å². The monoisotopic (exact) mass is 358 g/mol. The normalized spacial score (nSPS) is 10.3. The molecule has 0 aliphatic carbocycles. The Morgan fingerprint density at radius 1 is 1.38 bits per heavy atom. The summed E-state index contributed by atoms with van der Waals surface area (Å²) in [5.41, 5.74) is 5.96. The van der Waals surface area contributed by atoms with Gasteiger partial charge in [0.05, 0.1) is 18.2 Å². The summed E-state index contributed by atoms with van der Waals surface area (Å²) in [6.45, 7) is 3.88. The number of carbonyl (C=O) groups is 1. The van der Waals surface area contributed by atoms with Crippen LogP contribution in [0.4, 0.5) is 0 Å². The van der Waals surface area contributed by atoms with E-state index >= 15 is 0 Å². The van der Waals surface area contributed by atoms with E-state index in [1.165, 1.54) is 0 Å². The average Bonchev–Trinajstić information content (AvgIpc) is 2.49. The van der Waals surface area contributed by atoms with Crippen LogP contribution in [0, 0.1) is 0 Å². The number of halogens is 1. The van der Waals surface area contributed by atoms with Gasteiger partial charge in [-0.25, -0.2) is 0 Å². The van der Waals surface area contributed by atoms with Crippen molar-refractivity contribution in [2.75, 3.05) is 26.8 Å². The van der Waals surface area contributed by atoms with Crippen LogP contribution in [0.5, 0.6) is 11.5 Å². The first-order chi connectivity index (χ1) is 10.1. The van der Waals surface area contributed by atoms with Gasteiger partial charge in [-0.15, -0.1) is 0 Å². The molecule has 1 rings (SSSR count). The summed E-state index contributed by atoms with van der Waals surface area (Å²) in [7, 11) is 1.56. The summed E-state index contributed by atoms with van der Waals surface area (Å²) in [6, 6.07) is 3.43. The molecule has 118 valence electrons. The van der Waals surface area contributed by atoms with Gasteiger partial charge in [0.1, 0.15) is 0 Å². The minimum absolute atomic E-state index is 0.131. The molecule has 21 heavy (non-hydrogen) atoms. The lowest BCUT2D eigenvalue weighted by molar-refractivity contribution is 0.0952. The Bertz CT molecular complexity index is 466. The molecule has 0 heterocycles. The molecule has 0 aliphatic rings. The molecule has 0 atom stereocenters. The van der Waals surface area contributed by atoms with Crippen molar-refractivity contribution < 1.29 is 14.3 Å². The predicted octanol–water partition coefficient (Wildman–Crippen LogP) is 2.72. The minimum Gasteiger partial charge on any atom is -0.493 e. The lowest BCUT2D eigenvalue weighted by Crippen LogP contribution is -2.25. The molecular formula is C15H23BrN2O3. The number of unbranched alkanes of at least 4 members (excludes halogenated alkanes) is 1. The third-order valence-corrected chi connectivity index (χ3v) is 3.45. The Kier molecular flexibility index (Phi) is 8.15. The highest BCUT2D eigenvalue weighted by Gasteiger charge is 2.15. The van der Waals surface area contributed by atoms with Gasteiger partial charge in [-0.05, 0) is 53.9 Å². The zero-order chi connectivity index (χ0) is 15.7. The summed E-state index contributed by atoms with van der Waals surface area (Å²) in [4.78, 5) is 12.1. The molecule has 0 saturated carbocycles. The Labute approximate surface area is 134 Å². The summed E-state index contributed by atoms with van der Waals surface area (Å²) in [5.74, 6) is 1.04. The fourth-order valence-electron chi connectivity index (χ4n) is 1.77. The van der Waals surface area contributed by atoms with E-state index in [1.54, 1.807) is 19.2 Å². The number of nitrogens with two attached hydrogens (primary N) is 1. The maximum atomic E-state index is 12.1. The molecule has 0 saturated heterocycles. The fourth-order valence-corrected chi connectivity index (χ4v) is 2.32. The zero-order valence-corrected chi connectivity index (χ0v) is 14.2. The molecule has 0 aliphatic heterocycles. The van der Waals surface area contributed by atoms with Crippen LogP contribution in [0.25, 0.3) is 0 Å². The van der Waals surface area contributed by atoms with Gasteiger partial charge in [0.25, 0.3) is 5.91 Å². The lowest BCUT2D eigenvalue weighted by Gasteiger charge is -2.14. The van der Waals surface area contributed by atoms with Crippen LogP contribution in [0.2, 0.25) is 0 Å². The third-order valence-electron chi connectivity index (χ3n) is 2.86. The number of carbonyl (C=O) groups excluding carboxylic acids is 1. The fraction of sp³-hybridized carbons (Fsp3) is 0.533. The van der Waals surface area contributed by atoms with Gasteiger partial charge in [-0.3, -0.25) is 4.79 Å². The molecule has 0 unspecified atom stereocenters. The van der Waals surface area contributed by atoms with Crippen LogP contribution < -0.4 is 20.5 Å². The van der Waals surface area contributed by atoms with Gasteiger partial charge in [0.15, 0.2) is 11.5 Å². The van der Waals surface area contributed by atoms with Crippen molar-refractivity contribution >= 4 is 21.8 Å². The van der Waals surface area contributed by atoms with Crippen molar-refractivity contribution in [3.05, 3.63) is 22.2 Å². The highest BCUT2D eigenvalue weighted by molar-refractivity contribution is 9.10. The van der Waals surface area contributed by atoms with Crippen LogP contribution >= 0.6 is 15.9 Å². The van der Waals surface area contributed by atoms with E-state index < -0.39 is 0 Å². The number of benzene rings is 1. The smallest absolute Gasteiger partial charge is 0.251 e. The van der Waals surface area contributed by atoms with E-state index in [4.69, 9.17) is 15.2 Å². The van der Waals surface area contributed by atoms with E-state index in [-0.39, 0.29) is 5.91 Å². The SMILES string of the molecule is CCCOc1c(Br)cc(C(=O)NCCCCN)cc1OC. The Balaban J connectivity index is 2.79. The van der Waals surface area contributed by atoms with E-state index in [1.807, 2.05) is 6.92 Å².